The summed E-state index contributed by atoms with van der Waals surface area (Å²) in [6.07, 6.45) is 4.42. The van der Waals surface area contributed by atoms with Crippen molar-refractivity contribution >= 4 is 157 Å². The zero-order chi connectivity index (χ0) is 85.8. The molecule has 0 unspecified atom stereocenters. The highest BCUT2D eigenvalue weighted by Gasteiger charge is 2.28. The van der Waals surface area contributed by atoms with Crippen molar-refractivity contribution in [3.05, 3.63) is 294 Å². The third-order valence-electron chi connectivity index (χ3n) is 16.7. The predicted octanol–water partition coefficient (Wildman–Crippen LogP) is 12.0. The first-order chi connectivity index (χ1) is 55.9. The molecule has 600 valence electrons. The van der Waals surface area contributed by atoms with Gasteiger partial charge < -0.3 is 34.3 Å². The number of ether oxygens (including phenoxy) is 3. The lowest BCUT2D eigenvalue weighted by atomic mass is 10.1. The summed E-state index contributed by atoms with van der Waals surface area (Å²) >= 11 is 40.5. The number of halogens is 7. The highest BCUT2D eigenvalue weighted by molar-refractivity contribution is 14.1. The minimum Gasteiger partial charge on any atom is -0.454 e. The summed E-state index contributed by atoms with van der Waals surface area (Å²) in [6.45, 7) is 3.72. The molecule has 2 amide bonds. The van der Waals surface area contributed by atoms with Crippen LogP contribution < -0.4 is 53.3 Å². The van der Waals surface area contributed by atoms with Crippen molar-refractivity contribution < 1.29 is 40.6 Å². The van der Waals surface area contributed by atoms with Crippen LogP contribution in [-0.2, 0) is 20.0 Å². The first kappa shape index (κ1) is 86.2. The fourth-order valence-corrected chi connectivity index (χ4v) is 16.4. The number of benzene rings is 8. The summed E-state index contributed by atoms with van der Waals surface area (Å²) in [5.74, 6) is 0.429. The van der Waals surface area contributed by atoms with Crippen LogP contribution >= 0.6 is 92.2 Å². The van der Waals surface area contributed by atoms with Crippen molar-refractivity contribution in [3.63, 3.8) is 0 Å². The summed E-state index contributed by atoms with van der Waals surface area (Å²) in [6, 6.07) is 40.1. The second-order valence-electron chi connectivity index (χ2n) is 25.3. The Morgan fingerprint density at radius 1 is 0.458 bits per heavy atom. The zero-order valence-electron chi connectivity index (χ0n) is 61.9. The smallest absolute Gasteiger partial charge is 0.349 e. The van der Waals surface area contributed by atoms with Gasteiger partial charge in [-0.2, -0.15) is 29.8 Å². The monoisotopic (exact) mass is 1860 g/mol. The fraction of sp³-hybridized carbons (Fsp3) is 0.105. The molecule has 0 fully saturated rings. The third kappa shape index (κ3) is 18.0. The van der Waals surface area contributed by atoms with Gasteiger partial charge in [-0.1, -0.05) is 105 Å². The molecular weight excluding hydrogens is 1810 g/mol. The van der Waals surface area contributed by atoms with Gasteiger partial charge in [0.2, 0.25) is 17.1 Å². The van der Waals surface area contributed by atoms with E-state index in [1.807, 2.05) is 65.5 Å². The molecular formula is C76H55Cl6IN18O15S2. The SMILES string of the molecule is CN(C)C(=O)c1c[nH]c2ccc(Oc3c(Cl)cc(-n4nc(C#N)c(=O)[nH]c4=O)cc3Cl)cc12.CNC.Cc1ccc(S(=O)(=O)n2cc(C(=O)N(C)C)c3cc(Oc4c(Cl)cc(-n5nc(C#N)c(=O)[nH]c5=O)cc4Cl)ccc32)cc1.Cc1ccc(S(=O)(=O)n2cc(I)c3cc(Oc4c(Cl)cc(-n5nc(C#N)c(=O)[nH]c5=O)cc4Cl)ccc32)cc1. The van der Waals surface area contributed by atoms with E-state index in [2.05, 4.69) is 25.6 Å². The van der Waals surface area contributed by atoms with Crippen molar-refractivity contribution in [1.29, 1.82) is 15.8 Å². The topological polar surface area (TPSA) is 449 Å². The van der Waals surface area contributed by atoms with Gasteiger partial charge in [0.05, 0.1) is 79.1 Å². The molecule has 6 heterocycles. The summed E-state index contributed by atoms with van der Waals surface area (Å²) in [5.41, 5.74) is -2.84. The molecule has 42 heteroatoms. The number of nitrogens with zero attached hydrogens (tertiary/aromatic N) is 13. The van der Waals surface area contributed by atoms with E-state index < -0.39 is 76.8 Å². The van der Waals surface area contributed by atoms with Crippen LogP contribution in [0.2, 0.25) is 30.1 Å². The molecule has 14 rings (SSSR count). The number of aromatic nitrogens is 12. The Morgan fingerprint density at radius 2 is 0.771 bits per heavy atom. The van der Waals surface area contributed by atoms with E-state index >= 15 is 0 Å². The zero-order valence-corrected chi connectivity index (χ0v) is 70.2. The standard InChI is InChI=1S/C28H20Cl2N6O6S.C25H14Cl2IN5O5S.C21H14Cl2N6O4.C2H7N/c1-15-4-7-18(8-5-15)43(40,41)35-14-20(27(38)34(2)3)19-12-17(6-9-24(19)35)42-25-21(29)10-16(11-22(25)30)36-28(39)32-26(37)23(13-31)33-36;1-13-2-5-16(6-3-13)39(36,37)32-12-20(28)17-10-15(4-7-22(17)32)38-23-18(26)8-14(9-19(23)27)33-25(35)30-24(34)21(11-29)31-33;1-28(2)20(31)13-9-25-16-4-3-11(7-12(13)16)33-18-14(22)5-10(6-15(18)23)29-21(32)26-19(30)17(8-24)27-29;1-3-2/h4-12,14H,1-3H3,(H,32,37,39);2-10,12H,1H3,(H,30,34,35);3-7,9,25H,1-2H3,(H,26,30,32);3H,1-2H3. The molecule has 0 aliphatic rings. The van der Waals surface area contributed by atoms with Crippen molar-refractivity contribution in [2.24, 2.45) is 0 Å². The number of hydrogen-bond donors (Lipinski definition) is 5. The fourth-order valence-electron chi connectivity index (χ4n) is 11.1. The molecule has 0 aliphatic heterocycles. The molecule has 0 bridgehead atoms. The maximum Gasteiger partial charge on any atom is 0.349 e. The van der Waals surface area contributed by atoms with Gasteiger partial charge in [0.1, 0.15) is 35.5 Å². The lowest BCUT2D eigenvalue weighted by Gasteiger charge is -2.13. The van der Waals surface area contributed by atoms with Gasteiger partial charge >= 0.3 is 17.1 Å². The van der Waals surface area contributed by atoms with Crippen molar-refractivity contribution in [2.75, 3.05) is 42.3 Å². The number of carbonyl (C=O) groups is 2. The number of carbonyl (C=O) groups excluding carboxylic acids is 2. The second-order valence-corrected chi connectivity index (χ2v) is 32.6. The van der Waals surface area contributed by atoms with E-state index in [4.69, 9.17) is 99.6 Å². The van der Waals surface area contributed by atoms with Gasteiger partial charge in [0.25, 0.3) is 48.5 Å². The molecule has 0 atom stereocenters. The van der Waals surface area contributed by atoms with Crippen LogP contribution in [0.15, 0.2) is 197 Å². The van der Waals surface area contributed by atoms with Gasteiger partial charge in [0.15, 0.2) is 17.2 Å². The molecule has 0 spiro atoms. The van der Waals surface area contributed by atoms with Crippen molar-refractivity contribution in [3.8, 4) is 69.8 Å². The minimum absolute atomic E-state index is 0.0170. The van der Waals surface area contributed by atoms with Crippen LogP contribution in [0.4, 0.5) is 0 Å². The first-order valence-electron chi connectivity index (χ1n) is 33.6. The molecule has 5 N–H and O–H groups in total. The average molecular weight is 1860 g/mol. The number of H-pyrrole nitrogens is 4. The van der Waals surface area contributed by atoms with Crippen LogP contribution in [0.1, 0.15) is 48.9 Å². The maximum atomic E-state index is 13.6. The van der Waals surface area contributed by atoms with Crippen LogP contribution in [0, 0.1) is 51.4 Å². The highest BCUT2D eigenvalue weighted by Crippen LogP contribution is 2.43. The lowest BCUT2D eigenvalue weighted by Crippen LogP contribution is -2.33. The number of nitrogens with one attached hydrogen (secondary N) is 5. The van der Waals surface area contributed by atoms with Gasteiger partial charge in [-0.3, -0.25) is 38.9 Å². The number of rotatable bonds is 15. The Labute approximate surface area is 709 Å². The number of nitriles is 3. The van der Waals surface area contributed by atoms with Crippen molar-refractivity contribution in [1.82, 2.24) is 72.3 Å². The van der Waals surface area contributed by atoms with E-state index in [1.54, 1.807) is 125 Å². The number of amides is 2. The predicted molar refractivity (Wildman–Crippen MR) is 449 cm³/mol. The molecule has 14 aromatic rings. The first-order valence-corrected chi connectivity index (χ1v) is 39.8. The normalized spacial score (nSPS) is 11.1. The Hall–Kier alpha value is -12.7. The van der Waals surface area contributed by atoms with E-state index in [0.29, 0.717) is 42.3 Å². The molecule has 33 nitrogen and oxygen atoms in total. The summed E-state index contributed by atoms with van der Waals surface area (Å²) in [5, 5.41) is 42.7. The Balaban J connectivity index is 0.000000172. The van der Waals surface area contributed by atoms with Gasteiger partial charge in [-0.15, -0.1) is 15.3 Å². The van der Waals surface area contributed by atoms with E-state index in [0.717, 1.165) is 34.7 Å². The van der Waals surface area contributed by atoms with E-state index in [9.17, 15) is 55.2 Å². The molecule has 8 aromatic carbocycles. The Morgan fingerprint density at radius 3 is 1.12 bits per heavy atom. The van der Waals surface area contributed by atoms with Crippen molar-refractivity contribution in [2.45, 2.75) is 23.6 Å². The van der Waals surface area contributed by atoms with E-state index in [-0.39, 0.29) is 97.0 Å². The van der Waals surface area contributed by atoms with Gasteiger partial charge in [-0.25, -0.2) is 39.2 Å². The maximum absolute atomic E-state index is 13.6. The summed E-state index contributed by atoms with van der Waals surface area (Å²) in [7, 11) is 2.26. The molecule has 118 heavy (non-hydrogen) atoms. The summed E-state index contributed by atoms with van der Waals surface area (Å²) < 4.78 is 76.8. The van der Waals surface area contributed by atoms with Crippen LogP contribution in [0.5, 0.6) is 34.5 Å². The van der Waals surface area contributed by atoms with E-state index in [1.165, 1.54) is 92.9 Å². The largest absolute Gasteiger partial charge is 0.454 e. The lowest BCUT2D eigenvalue weighted by molar-refractivity contribution is 0.0822. The van der Waals surface area contributed by atoms with Gasteiger partial charge in [-0.05, 0) is 166 Å². The molecule has 0 aliphatic carbocycles. The Bertz CT molecular complexity index is 7150. The molecule has 0 saturated carbocycles. The van der Waals surface area contributed by atoms with Crippen LogP contribution in [0.3, 0.4) is 0 Å². The molecule has 0 saturated heterocycles. The van der Waals surface area contributed by atoms with Crippen LogP contribution in [0.25, 0.3) is 49.8 Å². The molecule has 0 radical (unpaired) electrons. The number of aromatic amines is 4. The number of hydrogen-bond acceptors (Lipinski definition) is 22. The Kier molecular flexibility index (Phi) is 25.9. The highest BCUT2D eigenvalue weighted by atomic mass is 127. The average Bonchev–Trinajstić information content (AvgIpc) is 1.56. The number of fused-ring (bicyclic) bond motifs is 3. The second kappa shape index (κ2) is 35.4. The number of aryl methyl sites for hydroxylation is 2. The molecule has 6 aromatic heterocycles. The summed E-state index contributed by atoms with van der Waals surface area (Å²) in [4.78, 5) is 109. The third-order valence-corrected chi connectivity index (χ3v) is 22.6. The quantitative estimate of drug-likeness (QED) is 0.0595. The minimum atomic E-state index is -4.06. The van der Waals surface area contributed by atoms with Crippen LogP contribution in [-0.4, -0.2) is 138 Å². The van der Waals surface area contributed by atoms with Gasteiger partial charge in [0, 0.05) is 72.0 Å².